The van der Waals surface area contributed by atoms with E-state index in [0.717, 1.165) is 11.3 Å². The normalized spacial score (nSPS) is 11.2. The van der Waals surface area contributed by atoms with Crippen molar-refractivity contribution in [3.63, 3.8) is 0 Å². The number of imidazole rings is 1. The number of rotatable bonds is 5. The molecule has 0 unspecified atom stereocenters. The van der Waals surface area contributed by atoms with Crippen LogP contribution in [0.4, 0.5) is 0 Å². The fourth-order valence-electron chi connectivity index (χ4n) is 2.74. The minimum absolute atomic E-state index is 0.0389. The number of thioether (sulfide) groups is 1. The van der Waals surface area contributed by atoms with Crippen LogP contribution in [0.2, 0.25) is 0 Å². The Morgan fingerprint density at radius 2 is 1.96 bits per heavy atom. The standard InChI is InChI=1S/C19H16N4OS/c1-2-10-23-18(24)15-7-3-4-8-16(15)21-19(23)25-13-14-12-22-11-6-5-9-17(22)20-14/h2-9,11-12H,1,10,13H2. The molecule has 0 N–H and O–H groups in total. The summed E-state index contributed by atoms with van der Waals surface area (Å²) in [5, 5.41) is 1.31. The van der Waals surface area contributed by atoms with Crippen molar-refractivity contribution in [2.75, 3.05) is 0 Å². The van der Waals surface area contributed by atoms with Gasteiger partial charge in [-0.3, -0.25) is 9.36 Å². The van der Waals surface area contributed by atoms with Crippen molar-refractivity contribution >= 4 is 28.3 Å². The summed E-state index contributed by atoms with van der Waals surface area (Å²) in [6.45, 7) is 4.19. The maximum Gasteiger partial charge on any atom is 0.262 e. The molecule has 0 bridgehead atoms. The molecule has 4 rings (SSSR count). The second kappa shape index (κ2) is 6.57. The summed E-state index contributed by atoms with van der Waals surface area (Å²) in [6, 6.07) is 13.3. The Morgan fingerprint density at radius 3 is 2.80 bits per heavy atom. The van der Waals surface area contributed by atoms with E-state index < -0.39 is 0 Å². The van der Waals surface area contributed by atoms with Gasteiger partial charge in [0.25, 0.3) is 5.56 Å². The average molecular weight is 348 g/mol. The lowest BCUT2D eigenvalue weighted by atomic mass is 10.2. The van der Waals surface area contributed by atoms with Crippen LogP contribution in [-0.4, -0.2) is 18.9 Å². The van der Waals surface area contributed by atoms with Crippen LogP contribution >= 0.6 is 11.8 Å². The maximum atomic E-state index is 12.7. The van der Waals surface area contributed by atoms with Crippen molar-refractivity contribution in [1.29, 1.82) is 0 Å². The SMILES string of the molecule is C=CCn1c(SCc2cn3ccccc3n2)nc2ccccc2c1=O. The Hall–Kier alpha value is -2.86. The summed E-state index contributed by atoms with van der Waals surface area (Å²) in [4.78, 5) is 22.0. The zero-order valence-electron chi connectivity index (χ0n) is 13.5. The van der Waals surface area contributed by atoms with Crippen molar-refractivity contribution in [2.24, 2.45) is 0 Å². The van der Waals surface area contributed by atoms with E-state index in [1.165, 1.54) is 11.8 Å². The summed E-state index contributed by atoms with van der Waals surface area (Å²) >= 11 is 1.51. The van der Waals surface area contributed by atoms with E-state index in [1.807, 2.05) is 53.2 Å². The molecule has 1 aromatic carbocycles. The molecule has 124 valence electrons. The predicted octanol–water partition coefficient (Wildman–Crippen LogP) is 3.52. The van der Waals surface area contributed by atoms with Crippen molar-refractivity contribution in [2.45, 2.75) is 17.5 Å². The predicted molar refractivity (Wildman–Crippen MR) is 101 cm³/mol. The minimum atomic E-state index is -0.0389. The van der Waals surface area contributed by atoms with Crippen LogP contribution in [-0.2, 0) is 12.3 Å². The summed E-state index contributed by atoms with van der Waals surface area (Å²) in [5.41, 5.74) is 2.53. The van der Waals surface area contributed by atoms with Gasteiger partial charge in [-0.15, -0.1) is 6.58 Å². The molecule has 0 spiro atoms. The van der Waals surface area contributed by atoms with Gasteiger partial charge in [0, 0.05) is 24.7 Å². The maximum absolute atomic E-state index is 12.7. The van der Waals surface area contributed by atoms with Gasteiger partial charge in [0.05, 0.1) is 16.6 Å². The van der Waals surface area contributed by atoms with Gasteiger partial charge < -0.3 is 4.40 Å². The zero-order valence-corrected chi connectivity index (χ0v) is 14.3. The van der Waals surface area contributed by atoms with E-state index >= 15 is 0 Å². The third-order valence-corrected chi connectivity index (χ3v) is 4.91. The molecule has 4 aromatic rings. The molecule has 0 aliphatic rings. The fraction of sp³-hybridized carbons (Fsp3) is 0.105. The summed E-state index contributed by atoms with van der Waals surface area (Å²) in [6.07, 6.45) is 5.69. The molecule has 3 aromatic heterocycles. The molecule has 0 aliphatic carbocycles. The molecule has 0 amide bonds. The lowest BCUT2D eigenvalue weighted by molar-refractivity contribution is 0.671. The molecule has 0 aliphatic heterocycles. The lowest BCUT2D eigenvalue weighted by Crippen LogP contribution is -2.22. The molecule has 5 nitrogen and oxygen atoms in total. The van der Waals surface area contributed by atoms with E-state index in [2.05, 4.69) is 16.5 Å². The van der Waals surface area contributed by atoms with Crippen molar-refractivity contribution in [3.05, 3.63) is 83.6 Å². The first-order valence-corrected chi connectivity index (χ1v) is 8.91. The van der Waals surface area contributed by atoms with Crippen LogP contribution in [0.25, 0.3) is 16.6 Å². The molecule has 25 heavy (non-hydrogen) atoms. The average Bonchev–Trinajstić information content (AvgIpc) is 3.06. The Kier molecular flexibility index (Phi) is 4.11. The van der Waals surface area contributed by atoms with E-state index in [4.69, 9.17) is 0 Å². The van der Waals surface area contributed by atoms with Crippen LogP contribution < -0.4 is 5.56 Å². The number of benzene rings is 1. The van der Waals surface area contributed by atoms with E-state index in [-0.39, 0.29) is 5.56 Å². The number of allylic oxidation sites excluding steroid dienone is 1. The lowest BCUT2D eigenvalue weighted by Gasteiger charge is -2.10. The largest absolute Gasteiger partial charge is 0.307 e. The van der Waals surface area contributed by atoms with Gasteiger partial charge in [0.1, 0.15) is 5.65 Å². The van der Waals surface area contributed by atoms with Crippen molar-refractivity contribution in [3.8, 4) is 0 Å². The second-order valence-corrected chi connectivity index (χ2v) is 6.55. The van der Waals surface area contributed by atoms with Gasteiger partial charge in [-0.1, -0.05) is 36.0 Å². The quantitative estimate of drug-likeness (QED) is 0.315. The second-order valence-electron chi connectivity index (χ2n) is 5.60. The number of para-hydroxylation sites is 1. The minimum Gasteiger partial charge on any atom is -0.307 e. The summed E-state index contributed by atoms with van der Waals surface area (Å²) in [5.74, 6) is 0.642. The smallest absolute Gasteiger partial charge is 0.262 e. The van der Waals surface area contributed by atoms with E-state index in [1.54, 1.807) is 16.7 Å². The van der Waals surface area contributed by atoms with Crippen LogP contribution in [0.3, 0.4) is 0 Å². The summed E-state index contributed by atoms with van der Waals surface area (Å²) < 4.78 is 3.65. The molecule has 0 saturated heterocycles. The highest BCUT2D eigenvalue weighted by Gasteiger charge is 2.11. The zero-order chi connectivity index (χ0) is 17.2. The number of pyridine rings is 1. The number of hydrogen-bond donors (Lipinski definition) is 0. The van der Waals surface area contributed by atoms with Gasteiger partial charge >= 0.3 is 0 Å². The van der Waals surface area contributed by atoms with Gasteiger partial charge in [-0.2, -0.15) is 0 Å². The Morgan fingerprint density at radius 1 is 1.12 bits per heavy atom. The number of hydrogen-bond acceptors (Lipinski definition) is 4. The van der Waals surface area contributed by atoms with Crippen LogP contribution in [0.15, 0.2) is 77.5 Å². The third kappa shape index (κ3) is 2.96. The molecule has 0 radical (unpaired) electrons. The van der Waals surface area contributed by atoms with E-state index in [9.17, 15) is 4.79 Å². The first-order chi connectivity index (χ1) is 12.3. The number of nitrogens with zero attached hydrogens (tertiary/aromatic N) is 4. The van der Waals surface area contributed by atoms with Gasteiger partial charge in [0.15, 0.2) is 5.16 Å². The van der Waals surface area contributed by atoms with Crippen LogP contribution in [0.1, 0.15) is 5.69 Å². The molecule has 0 saturated carbocycles. The molecule has 6 heteroatoms. The van der Waals surface area contributed by atoms with Crippen molar-refractivity contribution in [1.82, 2.24) is 18.9 Å². The van der Waals surface area contributed by atoms with Crippen molar-refractivity contribution < 1.29 is 0 Å². The van der Waals surface area contributed by atoms with Crippen LogP contribution in [0, 0.1) is 0 Å². The fourth-order valence-corrected chi connectivity index (χ4v) is 3.64. The first-order valence-electron chi connectivity index (χ1n) is 7.92. The molecule has 0 atom stereocenters. The Labute approximate surface area is 148 Å². The number of fused-ring (bicyclic) bond motifs is 2. The highest BCUT2D eigenvalue weighted by atomic mass is 32.2. The summed E-state index contributed by atoms with van der Waals surface area (Å²) in [7, 11) is 0. The first kappa shape index (κ1) is 15.7. The Balaban J connectivity index is 1.71. The highest BCUT2D eigenvalue weighted by molar-refractivity contribution is 7.98. The van der Waals surface area contributed by atoms with Crippen LogP contribution in [0.5, 0.6) is 0 Å². The van der Waals surface area contributed by atoms with Gasteiger partial charge in [-0.05, 0) is 24.3 Å². The number of aromatic nitrogens is 4. The molecule has 0 fully saturated rings. The highest BCUT2D eigenvalue weighted by Crippen LogP contribution is 2.22. The molecular formula is C19H16N4OS. The Bertz CT molecular complexity index is 1100. The topological polar surface area (TPSA) is 52.2 Å². The third-order valence-electron chi connectivity index (χ3n) is 3.90. The monoisotopic (exact) mass is 348 g/mol. The molecule has 3 heterocycles. The van der Waals surface area contributed by atoms with E-state index in [0.29, 0.717) is 28.4 Å². The molecular weight excluding hydrogens is 332 g/mol. The van der Waals surface area contributed by atoms with Gasteiger partial charge in [0.2, 0.25) is 0 Å². The van der Waals surface area contributed by atoms with Gasteiger partial charge in [-0.25, -0.2) is 9.97 Å².